The van der Waals surface area contributed by atoms with Crippen LogP contribution < -0.4 is 0 Å². The molecule has 0 saturated carbocycles. The van der Waals surface area contributed by atoms with Crippen LogP contribution in [0.25, 0.3) is 17.0 Å². The summed E-state index contributed by atoms with van der Waals surface area (Å²) >= 11 is 6.19. The lowest BCUT2D eigenvalue weighted by Gasteiger charge is -2.02. The Labute approximate surface area is 123 Å². The van der Waals surface area contributed by atoms with Crippen LogP contribution in [-0.2, 0) is 6.42 Å². The Kier molecular flexibility index (Phi) is 3.30. The smallest absolute Gasteiger partial charge is 0.340 e. The van der Waals surface area contributed by atoms with Gasteiger partial charge in [-0.05, 0) is 6.42 Å². The van der Waals surface area contributed by atoms with Gasteiger partial charge in [0.15, 0.2) is 11.5 Å². The summed E-state index contributed by atoms with van der Waals surface area (Å²) in [7, 11) is 0. The first kappa shape index (κ1) is 13.5. The quantitative estimate of drug-likeness (QED) is 0.761. The van der Waals surface area contributed by atoms with Gasteiger partial charge in [0.2, 0.25) is 0 Å². The molecule has 0 bridgehead atoms. The van der Waals surface area contributed by atoms with Crippen molar-refractivity contribution in [3.8, 4) is 5.82 Å². The minimum atomic E-state index is -1.11. The molecule has 3 aromatic rings. The third-order valence-corrected chi connectivity index (χ3v) is 3.35. The third kappa shape index (κ3) is 2.13. The average Bonchev–Trinajstić information content (AvgIpc) is 3.03. The van der Waals surface area contributed by atoms with E-state index in [0.717, 1.165) is 6.42 Å². The molecule has 8 nitrogen and oxygen atoms in total. The molecule has 3 aromatic heterocycles. The van der Waals surface area contributed by atoms with E-state index >= 15 is 0 Å². The molecule has 0 fully saturated rings. The van der Waals surface area contributed by atoms with E-state index < -0.39 is 5.97 Å². The second-order valence-corrected chi connectivity index (χ2v) is 4.74. The number of aromatic nitrogens is 6. The lowest BCUT2D eigenvalue weighted by atomic mass is 10.2. The molecule has 3 heterocycles. The van der Waals surface area contributed by atoms with Gasteiger partial charge >= 0.3 is 5.97 Å². The number of nitrogens with one attached hydrogen (secondary N) is 1. The maximum atomic E-state index is 11.4. The monoisotopic (exact) mass is 306 g/mol. The zero-order valence-corrected chi connectivity index (χ0v) is 11.8. The number of carbonyl (C=O) groups is 1. The molecule has 0 amide bonds. The number of aromatic amines is 1. The maximum Gasteiger partial charge on any atom is 0.340 e. The summed E-state index contributed by atoms with van der Waals surface area (Å²) in [6.07, 6.45) is 4.09. The van der Waals surface area contributed by atoms with E-state index in [4.69, 9.17) is 11.6 Å². The number of nitrogens with zero attached hydrogens (tertiary/aromatic N) is 5. The van der Waals surface area contributed by atoms with Crippen LogP contribution in [0.15, 0.2) is 12.7 Å². The summed E-state index contributed by atoms with van der Waals surface area (Å²) < 4.78 is 1.30. The summed E-state index contributed by atoms with van der Waals surface area (Å²) in [4.78, 5) is 26.4. The molecule has 0 atom stereocenters. The number of carboxylic acids is 1. The van der Waals surface area contributed by atoms with Crippen LogP contribution in [0, 0.1) is 0 Å². The van der Waals surface area contributed by atoms with Crippen molar-refractivity contribution in [3.05, 3.63) is 29.1 Å². The molecule has 9 heteroatoms. The number of carboxylic acid groups (broad SMARTS) is 1. The van der Waals surface area contributed by atoms with E-state index in [-0.39, 0.29) is 10.7 Å². The van der Waals surface area contributed by atoms with Crippen molar-refractivity contribution in [2.75, 3.05) is 0 Å². The average molecular weight is 307 g/mol. The standard InChI is InChI=1S/C12H11ClN6O2/c1-2-3-6-7(12(20)21)9(13)19(18-6)11-8-10(15-4-14-8)16-5-17-11/h4-5H,2-3H2,1H3,(H,20,21)(H,14,15,16,17). The van der Waals surface area contributed by atoms with Gasteiger partial charge in [-0.1, -0.05) is 24.9 Å². The molecular formula is C12H11ClN6O2. The summed E-state index contributed by atoms with van der Waals surface area (Å²) in [6, 6.07) is 0. The second kappa shape index (κ2) is 5.13. The topological polar surface area (TPSA) is 110 Å². The molecule has 0 unspecified atom stereocenters. The van der Waals surface area contributed by atoms with Gasteiger partial charge in [-0.15, -0.1) is 0 Å². The molecular weight excluding hydrogens is 296 g/mol. The van der Waals surface area contributed by atoms with Crippen LogP contribution in [0.5, 0.6) is 0 Å². The van der Waals surface area contributed by atoms with Crippen LogP contribution in [0.4, 0.5) is 0 Å². The minimum Gasteiger partial charge on any atom is -0.478 e. The minimum absolute atomic E-state index is 0.00444. The fraction of sp³-hybridized carbons (Fsp3) is 0.250. The zero-order valence-electron chi connectivity index (χ0n) is 11.0. The number of hydrogen-bond acceptors (Lipinski definition) is 5. The molecule has 3 rings (SSSR count). The number of aryl methyl sites for hydroxylation is 1. The lowest BCUT2D eigenvalue weighted by molar-refractivity contribution is 0.0696. The van der Waals surface area contributed by atoms with Crippen LogP contribution in [0.1, 0.15) is 29.4 Å². The third-order valence-electron chi connectivity index (χ3n) is 3.01. The van der Waals surface area contributed by atoms with E-state index in [2.05, 4.69) is 25.0 Å². The van der Waals surface area contributed by atoms with Gasteiger partial charge in [-0.25, -0.2) is 24.4 Å². The van der Waals surface area contributed by atoms with Gasteiger partial charge in [-0.3, -0.25) is 0 Å². The van der Waals surface area contributed by atoms with Crippen molar-refractivity contribution in [3.63, 3.8) is 0 Å². The highest BCUT2D eigenvalue weighted by Gasteiger charge is 2.24. The molecule has 0 saturated heterocycles. The Morgan fingerprint density at radius 2 is 2.24 bits per heavy atom. The normalized spacial score (nSPS) is 11.1. The maximum absolute atomic E-state index is 11.4. The highest BCUT2D eigenvalue weighted by Crippen LogP contribution is 2.26. The van der Waals surface area contributed by atoms with Crippen LogP contribution in [0.2, 0.25) is 5.15 Å². The predicted molar refractivity (Wildman–Crippen MR) is 74.8 cm³/mol. The largest absolute Gasteiger partial charge is 0.478 e. The molecule has 0 aliphatic carbocycles. The Balaban J connectivity index is 2.25. The first-order chi connectivity index (χ1) is 10.1. The number of halogens is 1. The number of H-pyrrole nitrogens is 1. The van der Waals surface area contributed by atoms with E-state index in [0.29, 0.717) is 29.1 Å². The van der Waals surface area contributed by atoms with Gasteiger partial charge in [0.25, 0.3) is 0 Å². The summed E-state index contributed by atoms with van der Waals surface area (Å²) in [5.74, 6) is -0.739. The molecule has 21 heavy (non-hydrogen) atoms. The molecule has 0 spiro atoms. The van der Waals surface area contributed by atoms with Crippen molar-refractivity contribution in [2.24, 2.45) is 0 Å². The van der Waals surface area contributed by atoms with Gasteiger partial charge < -0.3 is 10.1 Å². The van der Waals surface area contributed by atoms with Gasteiger partial charge in [-0.2, -0.15) is 5.10 Å². The molecule has 2 N–H and O–H groups in total. The highest BCUT2D eigenvalue weighted by atomic mass is 35.5. The zero-order chi connectivity index (χ0) is 15.0. The van der Waals surface area contributed by atoms with Crippen molar-refractivity contribution in [1.82, 2.24) is 29.7 Å². The van der Waals surface area contributed by atoms with Crippen molar-refractivity contribution in [1.29, 1.82) is 0 Å². The van der Waals surface area contributed by atoms with Crippen LogP contribution in [-0.4, -0.2) is 40.8 Å². The first-order valence-corrected chi connectivity index (χ1v) is 6.66. The number of rotatable bonds is 4. The van der Waals surface area contributed by atoms with Crippen molar-refractivity contribution < 1.29 is 9.90 Å². The Bertz CT molecular complexity index is 824. The Morgan fingerprint density at radius 3 is 2.95 bits per heavy atom. The van der Waals surface area contributed by atoms with E-state index in [1.165, 1.54) is 17.3 Å². The predicted octanol–water partition coefficient (Wildman–Crippen LogP) is 1.84. The molecule has 0 aromatic carbocycles. The van der Waals surface area contributed by atoms with Gasteiger partial charge in [0.1, 0.15) is 22.6 Å². The highest BCUT2D eigenvalue weighted by molar-refractivity contribution is 6.33. The SMILES string of the molecule is CCCc1nn(-c2ncnc3nc[nH]c23)c(Cl)c1C(=O)O. The summed E-state index contributed by atoms with van der Waals surface area (Å²) in [5.41, 5.74) is 1.44. The fourth-order valence-corrected chi connectivity index (χ4v) is 2.42. The van der Waals surface area contributed by atoms with Crippen LogP contribution >= 0.6 is 11.6 Å². The van der Waals surface area contributed by atoms with Crippen molar-refractivity contribution in [2.45, 2.75) is 19.8 Å². The van der Waals surface area contributed by atoms with Crippen LogP contribution in [0.3, 0.4) is 0 Å². The number of fused-ring (bicyclic) bond motifs is 1. The van der Waals surface area contributed by atoms with Crippen molar-refractivity contribution >= 4 is 28.7 Å². The van der Waals surface area contributed by atoms with Gasteiger partial charge in [0.05, 0.1) is 12.0 Å². The van der Waals surface area contributed by atoms with E-state index in [1.54, 1.807) is 0 Å². The number of imidazole rings is 1. The molecule has 0 radical (unpaired) electrons. The summed E-state index contributed by atoms with van der Waals surface area (Å²) in [6.45, 7) is 1.94. The Morgan fingerprint density at radius 1 is 1.43 bits per heavy atom. The molecule has 0 aliphatic heterocycles. The number of hydrogen-bond donors (Lipinski definition) is 2. The second-order valence-electron chi connectivity index (χ2n) is 4.38. The number of aromatic carboxylic acids is 1. The first-order valence-electron chi connectivity index (χ1n) is 6.28. The molecule has 0 aliphatic rings. The van der Waals surface area contributed by atoms with E-state index in [9.17, 15) is 9.90 Å². The Hall–Kier alpha value is -2.48. The molecule has 108 valence electrons. The van der Waals surface area contributed by atoms with E-state index in [1.807, 2.05) is 6.92 Å². The van der Waals surface area contributed by atoms with Gasteiger partial charge in [0, 0.05) is 0 Å². The fourth-order valence-electron chi connectivity index (χ4n) is 2.12. The summed E-state index contributed by atoms with van der Waals surface area (Å²) in [5, 5.41) is 13.6. The lowest BCUT2D eigenvalue weighted by Crippen LogP contribution is -2.03.